The number of ether oxygens (including phenoxy) is 2. The summed E-state index contributed by atoms with van der Waals surface area (Å²) in [5, 5.41) is 0.100. The average Bonchev–Trinajstić information content (AvgIpc) is 2.65. The predicted molar refractivity (Wildman–Crippen MR) is 68.0 cm³/mol. The Bertz CT molecular complexity index is 660. The van der Waals surface area contributed by atoms with Gasteiger partial charge in [-0.2, -0.15) is 0 Å². The molecule has 1 aromatic heterocycles. The maximum absolute atomic E-state index is 11.2. The summed E-state index contributed by atoms with van der Waals surface area (Å²) in [6, 6.07) is 1.36. The van der Waals surface area contributed by atoms with Crippen molar-refractivity contribution in [3.63, 3.8) is 0 Å². The summed E-state index contributed by atoms with van der Waals surface area (Å²) in [5.41, 5.74) is 0.246. The number of hydrogen-bond acceptors (Lipinski definition) is 6. The smallest absolute Gasteiger partial charge is 0.434 e. The minimum Gasteiger partial charge on any atom is -0.434 e. The number of benzene rings is 1. The fraction of sp³-hybridized carbons (Fsp3) is 0.200. The van der Waals surface area contributed by atoms with Crippen LogP contribution in [0.4, 0.5) is 4.79 Å². The highest BCUT2D eigenvalue weighted by Crippen LogP contribution is 2.40. The van der Waals surface area contributed by atoms with Crippen LogP contribution in [-0.2, 0) is 4.74 Å². The fourth-order valence-electron chi connectivity index (χ4n) is 1.25. The van der Waals surface area contributed by atoms with Gasteiger partial charge in [-0.05, 0) is 18.3 Å². The van der Waals surface area contributed by atoms with E-state index in [-0.39, 0.29) is 28.0 Å². The lowest BCUT2D eigenvalue weighted by atomic mass is 10.3. The molecule has 0 N–H and O–H groups in total. The van der Waals surface area contributed by atoms with Crippen molar-refractivity contribution in [2.24, 2.45) is 0 Å². The third-order valence-corrected chi connectivity index (χ3v) is 3.54. The summed E-state index contributed by atoms with van der Waals surface area (Å²) in [7, 11) is 0. The minimum atomic E-state index is -0.920. The third kappa shape index (κ3) is 2.45. The van der Waals surface area contributed by atoms with Crippen molar-refractivity contribution in [3.8, 4) is 5.75 Å². The van der Waals surface area contributed by atoms with Crippen molar-refractivity contribution in [3.05, 3.63) is 25.8 Å². The molecule has 0 aliphatic heterocycles. The molecule has 5 nitrogen and oxygen atoms in total. The first-order valence-electron chi connectivity index (χ1n) is 4.79. The molecule has 8 heteroatoms. The zero-order valence-electron chi connectivity index (χ0n) is 8.99. The molecule has 0 fully saturated rings. The maximum atomic E-state index is 11.2. The van der Waals surface area contributed by atoms with E-state index in [1.807, 2.05) is 0 Å². The van der Waals surface area contributed by atoms with E-state index in [0.717, 1.165) is 11.3 Å². The van der Waals surface area contributed by atoms with Crippen LogP contribution in [0.2, 0.25) is 10.0 Å². The first-order chi connectivity index (χ1) is 8.52. The Balaban J connectivity index is 2.50. The van der Waals surface area contributed by atoms with Gasteiger partial charge in [-0.3, -0.25) is 0 Å². The summed E-state index contributed by atoms with van der Waals surface area (Å²) in [4.78, 5) is 21.8. The molecule has 0 unspecified atom stereocenters. The van der Waals surface area contributed by atoms with E-state index in [4.69, 9.17) is 32.4 Å². The number of fused-ring (bicyclic) bond motifs is 1. The molecule has 0 aliphatic rings. The van der Waals surface area contributed by atoms with Gasteiger partial charge in [-0.15, -0.1) is 0 Å². The Morgan fingerprint density at radius 1 is 1.50 bits per heavy atom. The van der Waals surface area contributed by atoms with Gasteiger partial charge in [0.15, 0.2) is 11.3 Å². The lowest BCUT2D eigenvalue weighted by molar-refractivity contribution is 0.104. The lowest BCUT2D eigenvalue weighted by Crippen LogP contribution is -2.10. The molecule has 96 valence electrons. The van der Waals surface area contributed by atoms with Crippen molar-refractivity contribution in [2.45, 2.75) is 6.92 Å². The molecule has 2 aromatic rings. The van der Waals surface area contributed by atoms with Gasteiger partial charge in [0.1, 0.15) is 5.02 Å². The highest BCUT2D eigenvalue weighted by atomic mass is 35.5. The normalized spacial score (nSPS) is 10.6. The van der Waals surface area contributed by atoms with Crippen molar-refractivity contribution in [2.75, 3.05) is 6.61 Å². The SMILES string of the molecule is CCOC(=O)Oc1c(Cl)cc2oc(=O)sc2c1Cl. The number of rotatable bonds is 2. The van der Waals surface area contributed by atoms with Crippen LogP contribution in [0.3, 0.4) is 0 Å². The van der Waals surface area contributed by atoms with E-state index in [2.05, 4.69) is 4.74 Å². The Morgan fingerprint density at radius 3 is 2.89 bits per heavy atom. The Labute approximate surface area is 115 Å². The molecule has 0 aliphatic carbocycles. The van der Waals surface area contributed by atoms with E-state index in [1.165, 1.54) is 6.07 Å². The van der Waals surface area contributed by atoms with Crippen molar-refractivity contribution in [1.29, 1.82) is 0 Å². The Morgan fingerprint density at radius 2 is 2.22 bits per heavy atom. The summed E-state index contributed by atoms with van der Waals surface area (Å²) < 4.78 is 14.7. The molecule has 0 atom stereocenters. The largest absolute Gasteiger partial charge is 0.513 e. The Kier molecular flexibility index (Phi) is 3.79. The van der Waals surface area contributed by atoms with Gasteiger partial charge in [-0.1, -0.05) is 23.2 Å². The van der Waals surface area contributed by atoms with E-state index in [9.17, 15) is 9.59 Å². The van der Waals surface area contributed by atoms with Gasteiger partial charge in [-0.25, -0.2) is 9.59 Å². The predicted octanol–water partition coefficient (Wildman–Crippen LogP) is 3.70. The molecule has 2 rings (SSSR count). The van der Waals surface area contributed by atoms with Crippen LogP contribution >= 0.6 is 34.5 Å². The molecule has 0 amide bonds. The average molecular weight is 309 g/mol. The van der Waals surface area contributed by atoms with Crippen LogP contribution in [0.5, 0.6) is 5.75 Å². The summed E-state index contributed by atoms with van der Waals surface area (Å²) >= 11 is 12.7. The zero-order chi connectivity index (χ0) is 13.3. The van der Waals surface area contributed by atoms with Gasteiger partial charge >= 0.3 is 11.1 Å². The van der Waals surface area contributed by atoms with Crippen molar-refractivity contribution in [1.82, 2.24) is 0 Å². The fourth-order valence-corrected chi connectivity index (χ4v) is 2.56. The van der Waals surface area contributed by atoms with Crippen molar-refractivity contribution >= 4 is 51.0 Å². The lowest BCUT2D eigenvalue weighted by Gasteiger charge is -2.07. The maximum Gasteiger partial charge on any atom is 0.513 e. The van der Waals surface area contributed by atoms with E-state index >= 15 is 0 Å². The quantitative estimate of drug-likeness (QED) is 0.625. The van der Waals surface area contributed by atoms with Crippen LogP contribution in [0.25, 0.3) is 10.3 Å². The van der Waals surface area contributed by atoms with Crippen LogP contribution in [0, 0.1) is 0 Å². The monoisotopic (exact) mass is 308 g/mol. The first-order valence-corrected chi connectivity index (χ1v) is 6.36. The highest BCUT2D eigenvalue weighted by Gasteiger charge is 2.19. The van der Waals surface area contributed by atoms with Gasteiger partial charge < -0.3 is 13.9 Å². The van der Waals surface area contributed by atoms with Crippen LogP contribution in [0.1, 0.15) is 6.92 Å². The highest BCUT2D eigenvalue weighted by molar-refractivity contribution is 7.16. The summed E-state index contributed by atoms with van der Waals surface area (Å²) in [6.45, 7) is 1.80. The molecule has 0 saturated heterocycles. The van der Waals surface area contributed by atoms with Gasteiger partial charge in [0.05, 0.1) is 16.3 Å². The summed E-state index contributed by atoms with van der Waals surface area (Å²) in [5.74, 6) is -0.0543. The van der Waals surface area contributed by atoms with Crippen LogP contribution in [-0.4, -0.2) is 12.8 Å². The molecule has 0 bridgehead atoms. The molecule has 0 spiro atoms. The molecule has 1 aromatic carbocycles. The van der Waals surface area contributed by atoms with Gasteiger partial charge in [0, 0.05) is 6.07 Å². The molecule has 1 heterocycles. The second-order valence-electron chi connectivity index (χ2n) is 3.07. The van der Waals surface area contributed by atoms with Crippen LogP contribution in [0.15, 0.2) is 15.3 Å². The molecule has 0 radical (unpaired) electrons. The number of hydrogen-bond donors (Lipinski definition) is 0. The standard InChI is InChI=1S/C10H6Cl2O5S/c1-2-15-9(13)17-7-4(11)3-5-8(6(7)12)18-10(14)16-5/h3H,2H2,1H3. The third-order valence-electron chi connectivity index (χ3n) is 1.92. The number of carbonyl (C=O) groups excluding carboxylic acids is 1. The van der Waals surface area contributed by atoms with E-state index < -0.39 is 11.1 Å². The zero-order valence-corrected chi connectivity index (χ0v) is 11.3. The Hall–Kier alpha value is -1.24. The number of halogens is 2. The summed E-state index contributed by atoms with van der Waals surface area (Å²) in [6.07, 6.45) is -0.920. The van der Waals surface area contributed by atoms with Crippen molar-refractivity contribution < 1.29 is 18.7 Å². The molecule has 0 saturated carbocycles. The topological polar surface area (TPSA) is 65.7 Å². The van der Waals surface area contributed by atoms with E-state index in [1.54, 1.807) is 6.92 Å². The molecular weight excluding hydrogens is 303 g/mol. The minimum absolute atomic E-state index is 0.0430. The van der Waals surface area contributed by atoms with Gasteiger partial charge in [0.25, 0.3) is 0 Å². The second kappa shape index (κ2) is 5.17. The molecular formula is C10H6Cl2O5S. The van der Waals surface area contributed by atoms with E-state index in [0.29, 0.717) is 4.70 Å². The molecule has 18 heavy (non-hydrogen) atoms. The van der Waals surface area contributed by atoms with Crippen LogP contribution < -0.4 is 9.68 Å². The first kappa shape index (κ1) is 13.2. The van der Waals surface area contributed by atoms with Gasteiger partial charge in [0.2, 0.25) is 0 Å². The second-order valence-corrected chi connectivity index (χ2v) is 4.80. The number of carbonyl (C=O) groups is 1.